The lowest BCUT2D eigenvalue weighted by molar-refractivity contribution is -0.0428. The summed E-state index contributed by atoms with van der Waals surface area (Å²) < 4.78 is 29.6. The van der Waals surface area contributed by atoms with Crippen LogP contribution in [0.2, 0.25) is 5.02 Å². The Morgan fingerprint density at radius 3 is 2.70 bits per heavy atom. The van der Waals surface area contributed by atoms with Crippen molar-refractivity contribution < 1.29 is 23.1 Å². The fourth-order valence-electron chi connectivity index (χ4n) is 6.76. The van der Waals surface area contributed by atoms with Crippen LogP contribution in [-0.2, 0) is 21.2 Å². The Labute approximate surface area is 199 Å². The summed E-state index contributed by atoms with van der Waals surface area (Å²) in [6, 6.07) is 9.80. The van der Waals surface area contributed by atoms with Gasteiger partial charge < -0.3 is 9.84 Å². The number of benzene rings is 2. The molecule has 0 amide bonds. The molecule has 2 aromatic carbocycles. The number of hydrogen-bond acceptors (Lipinski definition) is 5. The zero-order valence-corrected chi connectivity index (χ0v) is 20.0. The van der Waals surface area contributed by atoms with Gasteiger partial charge in [-0.05, 0) is 97.7 Å². The third-order valence-electron chi connectivity index (χ3n) is 8.35. The molecule has 3 unspecified atom stereocenters. The first-order chi connectivity index (χ1) is 15.6. The number of aromatic hydroxyl groups is 1. The molecule has 2 aromatic rings. The van der Waals surface area contributed by atoms with Crippen molar-refractivity contribution in [2.75, 3.05) is 0 Å². The summed E-state index contributed by atoms with van der Waals surface area (Å²) in [5, 5.41) is 15.1. The first kappa shape index (κ1) is 22.7. The minimum absolute atomic E-state index is 0.0221. The van der Waals surface area contributed by atoms with Crippen molar-refractivity contribution in [1.82, 2.24) is 0 Å². The Hall–Kier alpha value is -2.09. The molecule has 0 aliphatic heterocycles. The lowest BCUT2D eigenvalue weighted by atomic mass is 9.55. The van der Waals surface area contributed by atoms with Gasteiger partial charge in [0.25, 0.3) is 0 Å². The first-order valence-electron chi connectivity index (χ1n) is 11.4. The fourth-order valence-corrected chi connectivity index (χ4v) is 7.83. The summed E-state index contributed by atoms with van der Waals surface area (Å²) in [6.45, 7) is 2.24. The number of fused-ring (bicyclic) bond motifs is 5. The van der Waals surface area contributed by atoms with Gasteiger partial charge >= 0.3 is 5.97 Å². The quantitative estimate of drug-likeness (QED) is 0.603. The van der Waals surface area contributed by atoms with Gasteiger partial charge in [-0.1, -0.05) is 24.6 Å². The van der Waals surface area contributed by atoms with Gasteiger partial charge in [0.05, 0.1) is 10.6 Å². The van der Waals surface area contributed by atoms with E-state index in [9.17, 15) is 18.3 Å². The SMILES string of the molecule is C[C@]12CCC3c4ccc(O)cc4CCC3C1CC[C@@H]2OC(=O)c1ccc(Cl)c(S(N)(=O)=O)c1. The molecular formula is C25H28ClNO5S. The molecule has 3 aliphatic carbocycles. The zero-order chi connectivity index (χ0) is 23.5. The molecule has 2 fully saturated rings. The predicted molar refractivity (Wildman–Crippen MR) is 125 cm³/mol. The topological polar surface area (TPSA) is 107 Å². The van der Waals surface area contributed by atoms with Crippen LogP contribution in [0.5, 0.6) is 5.75 Å². The number of ether oxygens (including phenoxy) is 1. The number of sulfonamides is 1. The number of rotatable bonds is 3. The molecule has 3 aliphatic rings. The van der Waals surface area contributed by atoms with E-state index in [0.29, 0.717) is 23.5 Å². The lowest BCUT2D eigenvalue weighted by Gasteiger charge is -2.50. The predicted octanol–water partition coefficient (Wildman–Crippen LogP) is 4.77. The maximum Gasteiger partial charge on any atom is 0.338 e. The summed E-state index contributed by atoms with van der Waals surface area (Å²) >= 11 is 5.95. The van der Waals surface area contributed by atoms with Gasteiger partial charge in [-0.25, -0.2) is 18.4 Å². The summed E-state index contributed by atoms with van der Waals surface area (Å²) in [7, 11) is -4.04. The first-order valence-corrected chi connectivity index (χ1v) is 13.4. The van der Waals surface area contributed by atoms with E-state index in [-0.39, 0.29) is 27.0 Å². The molecular weight excluding hydrogens is 462 g/mol. The normalized spacial score (nSPS) is 30.8. The molecule has 2 saturated carbocycles. The van der Waals surface area contributed by atoms with Crippen LogP contribution in [0.1, 0.15) is 66.4 Å². The van der Waals surface area contributed by atoms with Gasteiger partial charge in [0.1, 0.15) is 16.7 Å². The van der Waals surface area contributed by atoms with E-state index in [1.54, 1.807) is 6.07 Å². The van der Waals surface area contributed by atoms with E-state index in [1.165, 1.54) is 29.3 Å². The molecule has 8 heteroatoms. The summed E-state index contributed by atoms with van der Waals surface area (Å²) in [5.41, 5.74) is 2.65. The van der Waals surface area contributed by atoms with E-state index in [2.05, 4.69) is 13.0 Å². The molecule has 176 valence electrons. The van der Waals surface area contributed by atoms with Crippen molar-refractivity contribution >= 4 is 27.6 Å². The second kappa shape index (κ2) is 8.00. The minimum Gasteiger partial charge on any atom is -0.508 e. The molecule has 5 atom stereocenters. The monoisotopic (exact) mass is 489 g/mol. The highest BCUT2D eigenvalue weighted by molar-refractivity contribution is 7.89. The Kier molecular flexibility index (Phi) is 5.50. The van der Waals surface area contributed by atoms with E-state index in [1.807, 2.05) is 6.07 Å². The minimum atomic E-state index is -4.04. The molecule has 0 bridgehead atoms. The highest BCUT2D eigenvalue weighted by atomic mass is 35.5. The number of carbonyl (C=O) groups is 1. The summed E-state index contributed by atoms with van der Waals surface area (Å²) in [4.78, 5) is 12.7. The molecule has 5 rings (SSSR count). The van der Waals surface area contributed by atoms with Crippen LogP contribution >= 0.6 is 11.6 Å². The summed E-state index contributed by atoms with van der Waals surface area (Å²) in [5.74, 6) is 1.26. The number of halogens is 1. The van der Waals surface area contributed by atoms with Crippen LogP contribution in [0.25, 0.3) is 0 Å². The van der Waals surface area contributed by atoms with Crippen LogP contribution in [0.3, 0.4) is 0 Å². The molecule has 33 heavy (non-hydrogen) atoms. The third-order valence-corrected chi connectivity index (χ3v) is 9.74. The highest BCUT2D eigenvalue weighted by Gasteiger charge is 2.56. The number of phenols is 1. The van der Waals surface area contributed by atoms with Gasteiger partial charge in [-0.2, -0.15) is 0 Å². The Bertz CT molecular complexity index is 1230. The number of aryl methyl sites for hydroxylation is 1. The molecule has 0 spiro atoms. The van der Waals surface area contributed by atoms with Crippen molar-refractivity contribution in [2.24, 2.45) is 22.4 Å². The maximum absolute atomic E-state index is 13.0. The number of hydrogen-bond donors (Lipinski definition) is 2. The largest absolute Gasteiger partial charge is 0.508 e. The second-order valence-corrected chi connectivity index (χ2v) is 11.9. The number of primary sulfonamides is 1. The van der Waals surface area contributed by atoms with Crippen molar-refractivity contribution in [3.05, 3.63) is 58.1 Å². The van der Waals surface area contributed by atoms with E-state index >= 15 is 0 Å². The van der Waals surface area contributed by atoms with Crippen LogP contribution in [-0.4, -0.2) is 25.6 Å². The van der Waals surface area contributed by atoms with E-state index in [4.69, 9.17) is 21.5 Å². The Morgan fingerprint density at radius 1 is 1.15 bits per heavy atom. The van der Waals surface area contributed by atoms with Crippen LogP contribution in [0, 0.1) is 17.3 Å². The molecule has 0 aromatic heterocycles. The van der Waals surface area contributed by atoms with Crippen LogP contribution < -0.4 is 5.14 Å². The smallest absolute Gasteiger partial charge is 0.338 e. The van der Waals surface area contributed by atoms with E-state index < -0.39 is 16.0 Å². The van der Waals surface area contributed by atoms with Crippen LogP contribution in [0.15, 0.2) is 41.3 Å². The van der Waals surface area contributed by atoms with Gasteiger partial charge in [0.2, 0.25) is 10.0 Å². The third kappa shape index (κ3) is 3.84. The van der Waals surface area contributed by atoms with Gasteiger partial charge in [0.15, 0.2) is 0 Å². The fraction of sp³-hybridized carbons (Fsp3) is 0.480. The average molecular weight is 490 g/mol. The Balaban J connectivity index is 1.36. The lowest BCUT2D eigenvalue weighted by Crippen LogP contribution is -2.45. The molecule has 6 nitrogen and oxygen atoms in total. The maximum atomic E-state index is 13.0. The van der Waals surface area contributed by atoms with Gasteiger partial charge in [0, 0.05) is 5.41 Å². The van der Waals surface area contributed by atoms with Crippen LogP contribution in [0.4, 0.5) is 0 Å². The van der Waals surface area contributed by atoms with Gasteiger partial charge in [-0.15, -0.1) is 0 Å². The number of nitrogens with two attached hydrogens (primary N) is 1. The second-order valence-electron chi connectivity index (χ2n) is 10.0. The van der Waals surface area contributed by atoms with E-state index in [0.717, 1.165) is 38.5 Å². The standard InChI is InChI=1S/C25H28ClNO5S/c1-25-11-10-18-17-6-4-16(28)12-14(17)2-5-19(18)20(25)7-9-23(25)32-24(29)15-3-8-21(26)22(13-15)33(27,30)31/h3-4,6,8,12-13,18-20,23,28H,2,5,7,9-11H2,1H3,(H2,27,30,31)/t18?,19?,20?,23-,25-/m0/s1. The van der Waals surface area contributed by atoms with Crippen molar-refractivity contribution in [3.8, 4) is 5.75 Å². The molecule has 3 N–H and O–H groups in total. The summed E-state index contributed by atoms with van der Waals surface area (Å²) in [6.07, 6.45) is 5.62. The van der Waals surface area contributed by atoms with Crippen molar-refractivity contribution in [2.45, 2.75) is 62.4 Å². The van der Waals surface area contributed by atoms with Crippen molar-refractivity contribution in [3.63, 3.8) is 0 Å². The molecule has 0 radical (unpaired) electrons. The Morgan fingerprint density at radius 2 is 1.94 bits per heavy atom. The number of esters is 1. The molecule has 0 saturated heterocycles. The zero-order valence-electron chi connectivity index (χ0n) is 18.5. The number of carbonyl (C=O) groups excluding carboxylic acids is 1. The average Bonchev–Trinajstić information content (AvgIpc) is 3.09. The van der Waals surface area contributed by atoms with Gasteiger partial charge in [-0.3, -0.25) is 0 Å². The highest BCUT2D eigenvalue weighted by Crippen LogP contribution is 2.61. The molecule has 0 heterocycles. The number of phenolic OH excluding ortho intramolecular Hbond substituents is 1. The van der Waals surface area contributed by atoms with Crippen molar-refractivity contribution in [1.29, 1.82) is 0 Å².